The van der Waals surface area contributed by atoms with Crippen molar-refractivity contribution < 1.29 is 4.74 Å². The van der Waals surface area contributed by atoms with E-state index in [9.17, 15) is 0 Å². The molecule has 0 aromatic carbocycles. The molecule has 0 aliphatic carbocycles. The molecule has 1 N–H and O–H groups in total. The van der Waals surface area contributed by atoms with Crippen LogP contribution in [0.1, 0.15) is 33.0 Å². The molecule has 15 heavy (non-hydrogen) atoms. The van der Waals surface area contributed by atoms with Gasteiger partial charge in [0.15, 0.2) is 0 Å². The van der Waals surface area contributed by atoms with E-state index in [0.29, 0.717) is 11.9 Å². The highest BCUT2D eigenvalue weighted by Crippen LogP contribution is 2.14. The Bertz CT molecular complexity index is 313. The van der Waals surface area contributed by atoms with Crippen molar-refractivity contribution in [3.63, 3.8) is 0 Å². The van der Waals surface area contributed by atoms with Gasteiger partial charge < -0.3 is 10.1 Å². The lowest BCUT2D eigenvalue weighted by atomic mass is 10.3. The molecule has 0 aliphatic rings. The molecule has 4 nitrogen and oxygen atoms in total. The summed E-state index contributed by atoms with van der Waals surface area (Å²) in [6, 6.07) is 2.18. The molecule has 0 aliphatic heterocycles. The largest absolute Gasteiger partial charge is 0.481 e. The lowest BCUT2D eigenvalue weighted by Gasteiger charge is -2.11. The number of hydrogen-bond acceptors (Lipinski definition) is 4. The van der Waals surface area contributed by atoms with Gasteiger partial charge >= 0.3 is 0 Å². The highest BCUT2D eigenvalue weighted by Gasteiger charge is 2.04. The zero-order valence-corrected chi connectivity index (χ0v) is 9.87. The van der Waals surface area contributed by atoms with E-state index < -0.39 is 0 Å². The number of aryl methyl sites for hydroxylation is 1. The maximum absolute atomic E-state index is 5.13. The van der Waals surface area contributed by atoms with E-state index in [1.807, 2.05) is 6.07 Å². The van der Waals surface area contributed by atoms with Crippen molar-refractivity contribution in [2.75, 3.05) is 12.4 Å². The Hall–Kier alpha value is -1.32. The second-order valence-electron chi connectivity index (χ2n) is 3.76. The summed E-state index contributed by atoms with van der Waals surface area (Å²) in [5.41, 5.74) is 0. The minimum atomic E-state index is 0.360. The van der Waals surface area contributed by atoms with Crippen molar-refractivity contribution in [1.82, 2.24) is 9.97 Å². The molecule has 0 bridgehead atoms. The molecule has 0 radical (unpaired) electrons. The minimum Gasteiger partial charge on any atom is -0.481 e. The van der Waals surface area contributed by atoms with E-state index in [1.54, 1.807) is 7.11 Å². The number of ether oxygens (including phenoxy) is 1. The summed E-state index contributed by atoms with van der Waals surface area (Å²) in [5, 5.41) is 3.25. The van der Waals surface area contributed by atoms with Crippen LogP contribution in [-0.4, -0.2) is 23.1 Å². The Morgan fingerprint density at radius 1 is 1.40 bits per heavy atom. The van der Waals surface area contributed by atoms with Gasteiger partial charge in [0.2, 0.25) is 5.88 Å². The summed E-state index contributed by atoms with van der Waals surface area (Å²) in [4.78, 5) is 8.68. The van der Waals surface area contributed by atoms with Crippen LogP contribution in [0.25, 0.3) is 0 Å². The highest BCUT2D eigenvalue weighted by molar-refractivity contribution is 5.39. The molecule has 1 aromatic rings. The normalized spacial score (nSPS) is 10.5. The quantitative estimate of drug-likeness (QED) is 0.808. The molecule has 0 atom stereocenters. The van der Waals surface area contributed by atoms with Crippen LogP contribution < -0.4 is 10.1 Å². The van der Waals surface area contributed by atoms with Crippen molar-refractivity contribution in [3.8, 4) is 5.88 Å². The first kappa shape index (κ1) is 11.8. The van der Waals surface area contributed by atoms with Crippen LogP contribution in [0.5, 0.6) is 5.88 Å². The van der Waals surface area contributed by atoms with E-state index in [1.165, 1.54) is 0 Å². The van der Waals surface area contributed by atoms with Crippen LogP contribution in [0.2, 0.25) is 0 Å². The number of hydrogen-bond donors (Lipinski definition) is 1. The van der Waals surface area contributed by atoms with Crippen LogP contribution in [0, 0.1) is 0 Å². The first-order chi connectivity index (χ1) is 7.15. The average molecular weight is 209 g/mol. The molecule has 0 saturated carbocycles. The number of methoxy groups -OCH3 is 1. The predicted octanol–water partition coefficient (Wildman–Crippen LogP) is 2.26. The fourth-order valence-electron chi connectivity index (χ4n) is 1.28. The Balaban J connectivity index is 2.89. The lowest BCUT2D eigenvalue weighted by molar-refractivity contribution is 0.395. The molecule has 0 saturated heterocycles. The van der Waals surface area contributed by atoms with Gasteiger partial charge in [0, 0.05) is 18.5 Å². The average Bonchev–Trinajstić information content (AvgIpc) is 2.16. The van der Waals surface area contributed by atoms with Crippen LogP contribution in [0.4, 0.5) is 5.82 Å². The fraction of sp³-hybridized carbons (Fsp3) is 0.636. The summed E-state index contributed by atoms with van der Waals surface area (Å²) in [6.45, 7) is 6.26. The molecule has 0 spiro atoms. The topological polar surface area (TPSA) is 47.0 Å². The van der Waals surface area contributed by atoms with Crippen LogP contribution in [-0.2, 0) is 6.42 Å². The van der Waals surface area contributed by atoms with E-state index in [4.69, 9.17) is 4.74 Å². The van der Waals surface area contributed by atoms with Crippen molar-refractivity contribution >= 4 is 5.82 Å². The third-order valence-corrected chi connectivity index (χ3v) is 1.87. The van der Waals surface area contributed by atoms with Gasteiger partial charge in [0.25, 0.3) is 0 Å². The summed E-state index contributed by atoms with van der Waals surface area (Å²) in [6.07, 6.45) is 1.91. The summed E-state index contributed by atoms with van der Waals surface area (Å²) in [7, 11) is 1.62. The third-order valence-electron chi connectivity index (χ3n) is 1.87. The van der Waals surface area contributed by atoms with Crippen molar-refractivity contribution in [2.24, 2.45) is 0 Å². The monoisotopic (exact) mass is 209 g/mol. The number of anilines is 1. The van der Waals surface area contributed by atoms with E-state index >= 15 is 0 Å². The molecule has 0 fully saturated rings. The zero-order chi connectivity index (χ0) is 11.3. The smallest absolute Gasteiger partial charge is 0.218 e. The maximum atomic E-state index is 5.13. The first-order valence-corrected chi connectivity index (χ1v) is 5.34. The van der Waals surface area contributed by atoms with Crippen molar-refractivity contribution in [2.45, 2.75) is 39.7 Å². The van der Waals surface area contributed by atoms with Crippen LogP contribution >= 0.6 is 0 Å². The molecule has 4 heteroatoms. The van der Waals surface area contributed by atoms with Gasteiger partial charge in [-0.25, -0.2) is 4.98 Å². The second-order valence-corrected chi connectivity index (χ2v) is 3.76. The first-order valence-electron chi connectivity index (χ1n) is 5.34. The molecular weight excluding hydrogens is 190 g/mol. The molecule has 1 rings (SSSR count). The Morgan fingerprint density at radius 3 is 2.67 bits per heavy atom. The fourth-order valence-corrected chi connectivity index (χ4v) is 1.28. The molecule has 0 unspecified atom stereocenters. The Kier molecular flexibility index (Phi) is 4.34. The molecular formula is C11H19N3O. The summed E-state index contributed by atoms with van der Waals surface area (Å²) >= 11 is 0. The van der Waals surface area contributed by atoms with Gasteiger partial charge in [-0.05, 0) is 20.3 Å². The van der Waals surface area contributed by atoms with E-state index in [2.05, 4.69) is 36.1 Å². The van der Waals surface area contributed by atoms with E-state index in [-0.39, 0.29) is 0 Å². The van der Waals surface area contributed by atoms with Gasteiger partial charge in [-0.1, -0.05) is 6.92 Å². The Morgan fingerprint density at radius 2 is 2.13 bits per heavy atom. The number of aromatic nitrogens is 2. The van der Waals surface area contributed by atoms with Crippen LogP contribution in [0.3, 0.4) is 0 Å². The SMILES string of the molecule is CCCc1nc(NC(C)C)cc(OC)n1. The zero-order valence-electron chi connectivity index (χ0n) is 9.87. The predicted molar refractivity (Wildman–Crippen MR) is 61.3 cm³/mol. The van der Waals surface area contributed by atoms with Gasteiger partial charge in [-0.2, -0.15) is 4.98 Å². The highest BCUT2D eigenvalue weighted by atomic mass is 16.5. The van der Waals surface area contributed by atoms with E-state index in [0.717, 1.165) is 24.5 Å². The molecule has 0 amide bonds. The second kappa shape index (κ2) is 5.53. The van der Waals surface area contributed by atoms with Gasteiger partial charge in [0.05, 0.1) is 7.11 Å². The van der Waals surface area contributed by atoms with Crippen molar-refractivity contribution in [1.29, 1.82) is 0 Å². The summed E-state index contributed by atoms with van der Waals surface area (Å²) in [5.74, 6) is 2.29. The number of nitrogens with one attached hydrogen (secondary N) is 1. The van der Waals surface area contributed by atoms with Crippen molar-refractivity contribution in [3.05, 3.63) is 11.9 Å². The third kappa shape index (κ3) is 3.73. The van der Waals surface area contributed by atoms with Gasteiger partial charge in [-0.3, -0.25) is 0 Å². The molecule has 84 valence electrons. The standard InChI is InChI=1S/C11H19N3O/c1-5-6-9-13-10(12-8(2)3)7-11(14-9)15-4/h7-8H,5-6H2,1-4H3,(H,12,13,14). The van der Waals surface area contributed by atoms with Crippen LogP contribution in [0.15, 0.2) is 6.07 Å². The number of rotatable bonds is 5. The number of nitrogens with zero attached hydrogens (tertiary/aromatic N) is 2. The van der Waals surface area contributed by atoms with Gasteiger partial charge in [-0.15, -0.1) is 0 Å². The minimum absolute atomic E-state index is 0.360. The molecule has 1 heterocycles. The molecule has 1 aromatic heterocycles. The Labute approximate surface area is 91.1 Å². The summed E-state index contributed by atoms with van der Waals surface area (Å²) < 4.78 is 5.13. The lowest BCUT2D eigenvalue weighted by Crippen LogP contribution is -2.12. The van der Waals surface area contributed by atoms with Gasteiger partial charge in [0.1, 0.15) is 11.6 Å². The maximum Gasteiger partial charge on any atom is 0.218 e.